The van der Waals surface area contributed by atoms with E-state index < -0.39 is 18.0 Å². The summed E-state index contributed by atoms with van der Waals surface area (Å²) in [4.78, 5) is 0. The summed E-state index contributed by atoms with van der Waals surface area (Å²) < 4.78 is 41.8. The third kappa shape index (κ3) is 2.84. The molecule has 1 unspecified atom stereocenters. The number of hydrogen-bond acceptors (Lipinski definition) is 4. The molecule has 4 nitrogen and oxygen atoms in total. The Hall–Kier alpha value is -1.08. The van der Waals surface area contributed by atoms with Gasteiger partial charge in [-0.3, -0.25) is 0 Å². The number of rotatable bonds is 2. The molecule has 0 bridgehead atoms. The van der Waals surface area contributed by atoms with Gasteiger partial charge in [-0.05, 0) is 19.8 Å². The quantitative estimate of drug-likeness (QED) is 0.859. The molecule has 3 atom stereocenters. The molecule has 1 aliphatic rings. The van der Waals surface area contributed by atoms with E-state index in [1.165, 1.54) is 6.07 Å². The smallest absolute Gasteiger partial charge is 0.378 e. The first-order valence-corrected chi connectivity index (χ1v) is 5.82. The topological polar surface area (TPSA) is 58.3 Å². The predicted octanol–water partition coefficient (Wildman–Crippen LogP) is 2.13. The van der Waals surface area contributed by atoms with Crippen LogP contribution >= 0.6 is 0 Å². The number of nitrogens with zero attached hydrogens (tertiary/aromatic N) is 1. The summed E-state index contributed by atoms with van der Waals surface area (Å²) >= 11 is 0. The number of nitrogens with one attached hydrogen (secondary N) is 1. The fraction of sp³-hybridized carbons (Fsp3) is 0.727. The van der Waals surface area contributed by atoms with Gasteiger partial charge in [0.25, 0.3) is 0 Å². The number of alkyl halides is 3. The first-order chi connectivity index (χ1) is 8.38. The number of aromatic nitrogens is 1. The van der Waals surface area contributed by atoms with E-state index in [1.54, 1.807) is 0 Å². The average Bonchev–Trinajstić information content (AvgIpc) is 2.77. The summed E-state index contributed by atoms with van der Waals surface area (Å²) in [6.07, 6.45) is -5.52. The van der Waals surface area contributed by atoms with E-state index in [1.807, 2.05) is 0 Å². The van der Waals surface area contributed by atoms with Gasteiger partial charge in [0.2, 0.25) is 0 Å². The molecule has 1 saturated heterocycles. The van der Waals surface area contributed by atoms with Crippen molar-refractivity contribution in [2.24, 2.45) is 0 Å². The van der Waals surface area contributed by atoms with Crippen LogP contribution in [0.5, 0.6) is 0 Å². The standard InChI is InChI=1S/C11H15F3N2O2/c1-6-2-3-7(5-15-6)9-4-8(16-18-9)10(17)11(12,13)14/h4,6-7,10,15,17H,2-3,5H2,1H3/t6-,7-,10?/m1/s1. The molecule has 0 aromatic carbocycles. The molecule has 1 aromatic rings. The maximum absolute atomic E-state index is 12.3. The normalized spacial score (nSPS) is 27.2. The molecule has 2 rings (SSSR count). The summed E-state index contributed by atoms with van der Waals surface area (Å²) in [6.45, 7) is 2.70. The van der Waals surface area contributed by atoms with Crippen molar-refractivity contribution in [1.29, 1.82) is 0 Å². The summed E-state index contributed by atoms with van der Waals surface area (Å²) in [6, 6.07) is 1.60. The summed E-state index contributed by atoms with van der Waals surface area (Å²) in [7, 11) is 0. The van der Waals surface area contributed by atoms with E-state index in [9.17, 15) is 13.2 Å². The first kappa shape index (κ1) is 13.4. The van der Waals surface area contributed by atoms with Crippen LogP contribution in [0, 0.1) is 0 Å². The molecule has 1 fully saturated rings. The molecule has 0 saturated carbocycles. The highest BCUT2D eigenvalue weighted by Crippen LogP contribution is 2.34. The van der Waals surface area contributed by atoms with Gasteiger partial charge < -0.3 is 14.9 Å². The van der Waals surface area contributed by atoms with E-state index in [4.69, 9.17) is 9.63 Å². The first-order valence-electron chi connectivity index (χ1n) is 5.82. The molecule has 18 heavy (non-hydrogen) atoms. The van der Waals surface area contributed by atoms with Gasteiger partial charge in [-0.15, -0.1) is 0 Å². The van der Waals surface area contributed by atoms with Crippen LogP contribution in [0.2, 0.25) is 0 Å². The zero-order valence-electron chi connectivity index (χ0n) is 9.87. The second-order valence-corrected chi connectivity index (χ2v) is 4.68. The molecule has 2 N–H and O–H groups in total. The van der Waals surface area contributed by atoms with Crippen molar-refractivity contribution in [1.82, 2.24) is 10.5 Å². The maximum Gasteiger partial charge on any atom is 0.420 e. The molecule has 0 aliphatic carbocycles. The summed E-state index contributed by atoms with van der Waals surface area (Å²) in [5.41, 5.74) is -0.476. The van der Waals surface area contributed by atoms with Crippen LogP contribution in [-0.4, -0.2) is 29.0 Å². The van der Waals surface area contributed by atoms with Gasteiger partial charge in [-0.25, -0.2) is 0 Å². The highest BCUT2D eigenvalue weighted by atomic mass is 19.4. The van der Waals surface area contributed by atoms with Crippen molar-refractivity contribution in [3.63, 3.8) is 0 Å². The van der Waals surface area contributed by atoms with Crippen molar-refractivity contribution < 1.29 is 22.8 Å². The molecular formula is C11H15F3N2O2. The van der Waals surface area contributed by atoms with Gasteiger partial charge in [-0.1, -0.05) is 5.16 Å². The number of aliphatic hydroxyl groups is 1. The van der Waals surface area contributed by atoms with E-state index in [0.29, 0.717) is 18.3 Å². The third-order valence-electron chi connectivity index (χ3n) is 3.20. The summed E-state index contributed by atoms with van der Waals surface area (Å²) in [5, 5.41) is 15.6. The van der Waals surface area contributed by atoms with Crippen LogP contribution in [0.15, 0.2) is 10.6 Å². The summed E-state index contributed by atoms with van der Waals surface area (Å²) in [5.74, 6) is 0.413. The minimum Gasteiger partial charge on any atom is -0.378 e. The molecule has 1 aliphatic heterocycles. The van der Waals surface area contributed by atoms with Crippen LogP contribution in [0.4, 0.5) is 13.2 Å². The molecule has 7 heteroatoms. The Balaban J connectivity index is 2.06. The van der Waals surface area contributed by atoms with Crippen LogP contribution in [0.1, 0.15) is 43.2 Å². The zero-order chi connectivity index (χ0) is 13.3. The molecule has 102 valence electrons. The Labute approximate surface area is 102 Å². The van der Waals surface area contributed by atoms with E-state index in [2.05, 4.69) is 17.4 Å². The lowest BCUT2D eigenvalue weighted by Gasteiger charge is -2.25. The fourth-order valence-corrected chi connectivity index (χ4v) is 2.03. The average molecular weight is 264 g/mol. The molecular weight excluding hydrogens is 249 g/mol. The fourth-order valence-electron chi connectivity index (χ4n) is 2.03. The maximum atomic E-state index is 12.3. The highest BCUT2D eigenvalue weighted by molar-refractivity contribution is 5.14. The predicted molar refractivity (Wildman–Crippen MR) is 57.0 cm³/mol. The Morgan fingerprint density at radius 1 is 1.50 bits per heavy atom. The van der Waals surface area contributed by atoms with Crippen LogP contribution < -0.4 is 5.32 Å². The lowest BCUT2D eigenvalue weighted by molar-refractivity contribution is -0.208. The van der Waals surface area contributed by atoms with Crippen LogP contribution in [-0.2, 0) is 0 Å². The van der Waals surface area contributed by atoms with Gasteiger partial charge in [0.05, 0.1) is 0 Å². The van der Waals surface area contributed by atoms with E-state index in [0.717, 1.165) is 12.8 Å². The minimum atomic E-state index is -4.71. The molecule has 0 amide bonds. The second-order valence-electron chi connectivity index (χ2n) is 4.68. The van der Waals surface area contributed by atoms with Gasteiger partial charge in [0.15, 0.2) is 6.10 Å². The molecule has 0 spiro atoms. The number of aliphatic hydroxyl groups excluding tert-OH is 1. The highest BCUT2D eigenvalue weighted by Gasteiger charge is 2.41. The van der Waals surface area contributed by atoms with E-state index >= 15 is 0 Å². The van der Waals surface area contributed by atoms with Crippen molar-refractivity contribution in [2.75, 3.05) is 6.54 Å². The number of halogens is 3. The van der Waals surface area contributed by atoms with Gasteiger partial charge in [-0.2, -0.15) is 13.2 Å². The Kier molecular flexibility index (Phi) is 3.63. The van der Waals surface area contributed by atoms with Crippen molar-refractivity contribution >= 4 is 0 Å². The zero-order valence-corrected chi connectivity index (χ0v) is 9.87. The van der Waals surface area contributed by atoms with Crippen molar-refractivity contribution in [3.8, 4) is 0 Å². The minimum absolute atomic E-state index is 0.0166. The van der Waals surface area contributed by atoms with Gasteiger partial charge >= 0.3 is 6.18 Å². The monoisotopic (exact) mass is 264 g/mol. The SMILES string of the molecule is C[C@@H]1CC[C@@H](c2cc(C(O)C(F)(F)F)no2)CN1. The Morgan fingerprint density at radius 3 is 2.78 bits per heavy atom. The Bertz CT molecular complexity index is 397. The third-order valence-corrected chi connectivity index (χ3v) is 3.20. The largest absolute Gasteiger partial charge is 0.420 e. The second kappa shape index (κ2) is 4.89. The van der Waals surface area contributed by atoms with E-state index in [-0.39, 0.29) is 5.92 Å². The van der Waals surface area contributed by atoms with Gasteiger partial charge in [0.1, 0.15) is 11.5 Å². The molecule has 1 aromatic heterocycles. The number of hydrogen-bond donors (Lipinski definition) is 2. The molecule has 0 radical (unpaired) electrons. The lowest BCUT2D eigenvalue weighted by atomic mass is 9.93. The van der Waals surface area contributed by atoms with Crippen LogP contribution in [0.3, 0.4) is 0 Å². The van der Waals surface area contributed by atoms with Gasteiger partial charge in [0, 0.05) is 24.6 Å². The van der Waals surface area contributed by atoms with Crippen LogP contribution in [0.25, 0.3) is 0 Å². The lowest BCUT2D eigenvalue weighted by Crippen LogP contribution is -2.35. The number of piperidine rings is 1. The van der Waals surface area contributed by atoms with Crippen molar-refractivity contribution in [2.45, 2.75) is 44.0 Å². The Morgan fingerprint density at radius 2 is 2.22 bits per heavy atom. The van der Waals surface area contributed by atoms with Crippen molar-refractivity contribution in [3.05, 3.63) is 17.5 Å². The molecule has 2 heterocycles.